The molecule has 0 saturated carbocycles. The van der Waals surface area contributed by atoms with Gasteiger partial charge in [0.25, 0.3) is 0 Å². The number of hydrogen-bond acceptors (Lipinski definition) is 3. The van der Waals surface area contributed by atoms with Crippen molar-refractivity contribution in [3.63, 3.8) is 0 Å². The van der Waals surface area contributed by atoms with E-state index in [1.807, 2.05) is 6.07 Å². The molecular formula is C11H5N5O. The van der Waals surface area contributed by atoms with E-state index in [1.165, 1.54) is 0 Å². The zero-order chi connectivity index (χ0) is 11.4. The van der Waals surface area contributed by atoms with Crippen LogP contribution in [0.3, 0.4) is 0 Å². The predicted molar refractivity (Wildman–Crippen MR) is 59.1 cm³/mol. The van der Waals surface area contributed by atoms with Crippen molar-refractivity contribution >= 4 is 28.1 Å². The second-order valence-electron chi connectivity index (χ2n) is 3.74. The molecule has 0 saturated heterocycles. The molecule has 6 nitrogen and oxygen atoms in total. The second-order valence-corrected chi connectivity index (χ2v) is 3.74. The van der Waals surface area contributed by atoms with E-state index in [0.717, 1.165) is 16.4 Å². The summed E-state index contributed by atoms with van der Waals surface area (Å²) in [6, 6.07) is 3.18. The van der Waals surface area contributed by atoms with Gasteiger partial charge in [0.05, 0.1) is 10.9 Å². The Kier molecular flexibility index (Phi) is 1.37. The minimum Gasteiger partial charge on any atom is -0.336 e. The van der Waals surface area contributed by atoms with Crippen molar-refractivity contribution in [2.45, 2.75) is 0 Å². The molecule has 0 bridgehead atoms. The largest absolute Gasteiger partial charge is 0.368 e. The first-order valence-electron chi connectivity index (χ1n) is 5.06. The van der Waals surface area contributed by atoms with E-state index in [4.69, 9.17) is 0 Å². The summed E-state index contributed by atoms with van der Waals surface area (Å²) in [7, 11) is 0. The van der Waals surface area contributed by atoms with Crippen LogP contribution in [0.2, 0.25) is 0 Å². The van der Waals surface area contributed by atoms with Crippen molar-refractivity contribution in [3.8, 4) is 0 Å². The standard InChI is InChI=1S/C11H5N5O/c17-11-14-6-2-1-5-7(9(6)16-11)15-10-8(5)12-3-4-13-10/h1-4H,(H,13,15). The molecule has 1 aliphatic heterocycles. The molecular weight excluding hydrogens is 218 g/mol. The molecule has 0 radical (unpaired) electrons. The van der Waals surface area contributed by atoms with Gasteiger partial charge in [-0.2, -0.15) is 9.98 Å². The third kappa shape index (κ3) is 1.01. The number of hydrogen-bond donors (Lipinski definition) is 1. The molecule has 1 aromatic carbocycles. The van der Waals surface area contributed by atoms with Crippen LogP contribution in [-0.4, -0.2) is 21.0 Å². The summed E-state index contributed by atoms with van der Waals surface area (Å²) >= 11 is 0. The highest BCUT2D eigenvalue weighted by molar-refractivity contribution is 6.03. The number of urea groups is 1. The Morgan fingerprint density at radius 1 is 1.06 bits per heavy atom. The molecule has 6 heteroatoms. The Hall–Kier alpha value is -2.63. The average molecular weight is 223 g/mol. The lowest BCUT2D eigenvalue weighted by Crippen LogP contribution is -2.21. The Labute approximate surface area is 93.8 Å². The summed E-state index contributed by atoms with van der Waals surface area (Å²) in [6.07, 6.45) is 3.25. The molecule has 0 aliphatic carbocycles. The van der Waals surface area contributed by atoms with Gasteiger partial charge in [-0.05, 0) is 12.1 Å². The Morgan fingerprint density at radius 3 is 2.88 bits per heavy atom. The number of fused-ring (bicyclic) bond motifs is 5. The highest BCUT2D eigenvalue weighted by atomic mass is 16.2. The number of carbonyl (C=O) groups is 1. The van der Waals surface area contributed by atoms with Crippen LogP contribution in [0.1, 0.15) is 0 Å². The van der Waals surface area contributed by atoms with Gasteiger partial charge in [0, 0.05) is 17.8 Å². The molecule has 2 aromatic heterocycles. The summed E-state index contributed by atoms with van der Waals surface area (Å²) in [6.45, 7) is 0. The third-order valence-corrected chi connectivity index (χ3v) is 2.78. The first-order valence-corrected chi connectivity index (χ1v) is 5.06. The minimum absolute atomic E-state index is 0.466. The molecule has 0 spiro atoms. The van der Waals surface area contributed by atoms with Crippen molar-refractivity contribution in [2.75, 3.05) is 0 Å². The number of H-pyrrole nitrogens is 1. The second kappa shape index (κ2) is 2.73. The normalized spacial score (nSPS) is 13.8. The predicted octanol–water partition coefficient (Wildman–Crippen LogP) is 0.484. The highest BCUT2D eigenvalue weighted by Crippen LogP contribution is 2.18. The molecule has 0 unspecified atom stereocenters. The fourth-order valence-electron chi connectivity index (χ4n) is 2.08. The smallest absolute Gasteiger partial charge is 0.336 e. The topological polar surface area (TPSA) is 83.4 Å². The number of benzene rings is 1. The number of aromatic nitrogens is 3. The van der Waals surface area contributed by atoms with E-state index in [0.29, 0.717) is 16.4 Å². The van der Waals surface area contributed by atoms with Crippen molar-refractivity contribution in [1.29, 1.82) is 0 Å². The number of amides is 2. The molecule has 1 aliphatic rings. The van der Waals surface area contributed by atoms with E-state index in [9.17, 15) is 4.79 Å². The van der Waals surface area contributed by atoms with Crippen molar-refractivity contribution in [3.05, 3.63) is 35.2 Å². The maximum atomic E-state index is 11.2. The van der Waals surface area contributed by atoms with Gasteiger partial charge in [-0.3, -0.25) is 4.98 Å². The van der Waals surface area contributed by atoms with Crippen LogP contribution in [0.5, 0.6) is 0 Å². The fraction of sp³-hybridized carbons (Fsp3) is 0. The van der Waals surface area contributed by atoms with Crippen molar-refractivity contribution in [1.82, 2.24) is 15.0 Å². The molecule has 4 rings (SSSR count). The summed E-state index contributed by atoms with van der Waals surface area (Å²) in [5.74, 6) is 0. The van der Waals surface area contributed by atoms with Gasteiger partial charge in [-0.15, -0.1) is 0 Å². The first kappa shape index (κ1) is 8.51. The van der Waals surface area contributed by atoms with Crippen LogP contribution in [0, 0.1) is 0 Å². The van der Waals surface area contributed by atoms with E-state index in [1.54, 1.807) is 18.5 Å². The maximum absolute atomic E-state index is 11.2. The third-order valence-electron chi connectivity index (χ3n) is 2.78. The summed E-state index contributed by atoms with van der Waals surface area (Å²) < 4.78 is 0. The Morgan fingerprint density at radius 2 is 1.94 bits per heavy atom. The molecule has 17 heavy (non-hydrogen) atoms. The van der Waals surface area contributed by atoms with E-state index < -0.39 is 6.03 Å². The van der Waals surface area contributed by atoms with E-state index >= 15 is 0 Å². The molecule has 80 valence electrons. The fourth-order valence-corrected chi connectivity index (χ4v) is 2.08. The van der Waals surface area contributed by atoms with Crippen LogP contribution in [0.15, 0.2) is 34.5 Å². The van der Waals surface area contributed by atoms with E-state index in [2.05, 4.69) is 24.9 Å². The summed E-state index contributed by atoms with van der Waals surface area (Å²) in [5, 5.41) is 2.07. The quantitative estimate of drug-likeness (QED) is 0.601. The monoisotopic (exact) mass is 223 g/mol. The zero-order valence-corrected chi connectivity index (χ0v) is 8.51. The van der Waals surface area contributed by atoms with Gasteiger partial charge in [0.1, 0.15) is 10.9 Å². The average Bonchev–Trinajstić information content (AvgIpc) is 2.87. The molecule has 2 amide bonds. The lowest BCUT2D eigenvalue weighted by molar-refractivity contribution is 0.257. The van der Waals surface area contributed by atoms with Gasteiger partial charge in [0.2, 0.25) is 0 Å². The molecule has 3 heterocycles. The Balaban J connectivity index is 2.36. The highest BCUT2D eigenvalue weighted by Gasteiger charge is 2.12. The van der Waals surface area contributed by atoms with Gasteiger partial charge in [0.15, 0.2) is 5.65 Å². The summed E-state index contributed by atoms with van der Waals surface area (Å²) in [4.78, 5) is 30.4. The van der Waals surface area contributed by atoms with Gasteiger partial charge in [-0.1, -0.05) is 0 Å². The number of nitrogens with zero attached hydrogens (tertiary/aromatic N) is 4. The van der Waals surface area contributed by atoms with Crippen LogP contribution >= 0.6 is 0 Å². The van der Waals surface area contributed by atoms with Crippen LogP contribution in [-0.2, 0) is 0 Å². The molecule has 0 atom stereocenters. The molecule has 1 N–H and O–H groups in total. The lowest BCUT2D eigenvalue weighted by atomic mass is 10.2. The van der Waals surface area contributed by atoms with Crippen LogP contribution < -0.4 is 10.7 Å². The Bertz CT molecular complexity index is 909. The minimum atomic E-state index is -0.466. The number of nitrogens with one attached hydrogen (secondary N) is 1. The SMILES string of the molecule is O=C1N=c2ccc3c([nH]c4nccnc43)c2=N1. The van der Waals surface area contributed by atoms with Crippen LogP contribution in [0.4, 0.5) is 4.79 Å². The van der Waals surface area contributed by atoms with Crippen molar-refractivity contribution in [2.24, 2.45) is 9.98 Å². The molecule has 0 fully saturated rings. The number of rotatable bonds is 0. The summed E-state index contributed by atoms with van der Waals surface area (Å²) in [5.41, 5.74) is 2.23. The molecule has 3 aromatic rings. The van der Waals surface area contributed by atoms with Crippen molar-refractivity contribution < 1.29 is 4.79 Å². The number of carbonyl (C=O) groups excluding carboxylic acids is 1. The van der Waals surface area contributed by atoms with Gasteiger partial charge >= 0.3 is 6.03 Å². The van der Waals surface area contributed by atoms with Gasteiger partial charge in [-0.25, -0.2) is 9.78 Å². The van der Waals surface area contributed by atoms with Crippen LogP contribution in [0.25, 0.3) is 22.1 Å². The maximum Gasteiger partial charge on any atom is 0.368 e. The van der Waals surface area contributed by atoms with Gasteiger partial charge < -0.3 is 4.98 Å². The first-order chi connectivity index (χ1) is 8.33. The number of aromatic amines is 1. The lowest BCUT2D eigenvalue weighted by Gasteiger charge is -1.87. The van der Waals surface area contributed by atoms with E-state index in [-0.39, 0.29) is 0 Å². The zero-order valence-electron chi connectivity index (χ0n) is 8.51.